The van der Waals surface area contributed by atoms with Crippen LogP contribution in [0.25, 0.3) is 0 Å². The minimum absolute atomic E-state index is 0.921. The second-order valence-corrected chi connectivity index (χ2v) is 2.06. The van der Waals surface area contributed by atoms with E-state index in [1.165, 1.54) is 0 Å². The smallest absolute Gasteiger partial charge is 0.246 e. The third kappa shape index (κ3) is 2.13. The Bertz CT molecular complexity index is 149. The van der Waals surface area contributed by atoms with E-state index >= 15 is 0 Å². The maximum absolute atomic E-state index is 4.82. The third-order valence-corrected chi connectivity index (χ3v) is 1.14. The average Bonchev–Trinajstić information content (AvgIpc) is 2.03. The van der Waals surface area contributed by atoms with Gasteiger partial charge < -0.3 is 10.1 Å². The lowest BCUT2D eigenvalue weighted by Gasteiger charge is -2.09. The summed E-state index contributed by atoms with van der Waals surface area (Å²) in [5, 5.41) is 3.14. The second-order valence-electron chi connectivity index (χ2n) is 2.06. The van der Waals surface area contributed by atoms with E-state index < -0.39 is 0 Å². The Morgan fingerprint density at radius 2 is 2.60 bits per heavy atom. The molecule has 1 aliphatic rings. The fraction of sp³-hybridized carbons (Fsp3) is 0.375. The predicted molar refractivity (Wildman–Crippen MR) is 39.8 cm³/mol. The number of hydrogen-bond donors (Lipinski definition) is 1. The normalized spacial score (nSPS) is 15.9. The molecule has 0 aromatic heterocycles. The summed E-state index contributed by atoms with van der Waals surface area (Å²) in [6.07, 6.45) is 6.48. The molecule has 0 amide bonds. The lowest BCUT2D eigenvalue weighted by molar-refractivity contribution is 0.338. The Morgan fingerprint density at radius 1 is 1.70 bits per heavy atom. The van der Waals surface area contributed by atoms with Gasteiger partial charge in [-0.15, -0.1) is 0 Å². The zero-order valence-corrected chi connectivity index (χ0v) is 6.05. The molecule has 1 rings (SSSR count). The van der Waals surface area contributed by atoms with Gasteiger partial charge in [-0.25, -0.2) is 0 Å². The van der Waals surface area contributed by atoms with Crippen molar-refractivity contribution in [2.75, 3.05) is 6.54 Å². The number of allylic oxidation sites excluding steroid dienone is 2. The summed E-state index contributed by atoms with van der Waals surface area (Å²) in [6, 6.07) is 0. The number of hydrogen-bond acceptors (Lipinski definition) is 2. The van der Waals surface area contributed by atoms with Crippen LogP contribution in [0.5, 0.6) is 0 Å². The maximum Gasteiger partial charge on any atom is 0.246 e. The van der Waals surface area contributed by atoms with Gasteiger partial charge in [0.15, 0.2) is 0 Å². The zero-order chi connectivity index (χ0) is 7.23. The Morgan fingerprint density at radius 3 is 3.20 bits per heavy atom. The average molecular weight is 137 g/mol. The van der Waals surface area contributed by atoms with Gasteiger partial charge in [0, 0.05) is 6.54 Å². The van der Waals surface area contributed by atoms with Crippen LogP contribution in [0, 0.1) is 6.61 Å². The first-order valence-corrected chi connectivity index (χ1v) is 3.46. The molecule has 1 N–H and O–H groups in total. The monoisotopic (exact) mass is 137 g/mol. The zero-order valence-electron chi connectivity index (χ0n) is 6.05. The highest BCUT2D eigenvalue weighted by molar-refractivity contribution is 5.18. The molecule has 1 heterocycles. The molecule has 0 atom stereocenters. The van der Waals surface area contributed by atoms with Crippen LogP contribution in [0.3, 0.4) is 0 Å². The summed E-state index contributed by atoms with van der Waals surface area (Å²) in [5.41, 5.74) is 0.921. The fourth-order valence-electron chi connectivity index (χ4n) is 0.661. The van der Waals surface area contributed by atoms with Crippen LogP contribution in [0.2, 0.25) is 0 Å². The predicted octanol–water partition coefficient (Wildman–Crippen LogP) is 1.45. The molecule has 0 aliphatic carbocycles. The number of nitrogens with one attached hydrogen (secondary N) is 1. The summed E-state index contributed by atoms with van der Waals surface area (Å²) >= 11 is 0. The van der Waals surface area contributed by atoms with Crippen molar-refractivity contribution in [2.24, 2.45) is 0 Å². The molecule has 0 fully saturated rings. The van der Waals surface area contributed by atoms with E-state index in [2.05, 4.69) is 18.8 Å². The largest absolute Gasteiger partial charge is 0.479 e. The van der Waals surface area contributed by atoms with Crippen LogP contribution in [-0.2, 0) is 4.74 Å². The van der Waals surface area contributed by atoms with E-state index in [1.807, 2.05) is 12.2 Å². The van der Waals surface area contributed by atoms with Crippen LogP contribution < -0.4 is 5.32 Å². The minimum Gasteiger partial charge on any atom is -0.479 e. The van der Waals surface area contributed by atoms with Crippen molar-refractivity contribution >= 4 is 0 Å². The Kier molecular flexibility index (Phi) is 2.87. The highest BCUT2D eigenvalue weighted by atomic mass is 16.5. The lowest BCUT2D eigenvalue weighted by Crippen LogP contribution is -2.15. The Labute approximate surface area is 61.6 Å². The van der Waals surface area contributed by atoms with E-state index in [0.717, 1.165) is 18.7 Å². The van der Waals surface area contributed by atoms with Crippen LogP contribution in [0.4, 0.5) is 0 Å². The molecule has 0 aromatic carbocycles. The summed E-state index contributed by atoms with van der Waals surface area (Å²) < 4.78 is 4.82. The van der Waals surface area contributed by atoms with Gasteiger partial charge in [-0.1, -0.05) is 6.92 Å². The summed E-state index contributed by atoms with van der Waals surface area (Å²) in [6.45, 7) is 5.80. The van der Waals surface area contributed by atoms with Crippen molar-refractivity contribution in [1.82, 2.24) is 5.32 Å². The van der Waals surface area contributed by atoms with Crippen molar-refractivity contribution in [3.05, 3.63) is 30.7 Å². The molecule has 0 unspecified atom stereocenters. The SMILES string of the molecule is CCCNC1=CC=CO[C]1. The van der Waals surface area contributed by atoms with Crippen molar-refractivity contribution < 1.29 is 4.74 Å². The fourth-order valence-corrected chi connectivity index (χ4v) is 0.661. The molecule has 0 aromatic rings. The minimum atomic E-state index is 0.921. The van der Waals surface area contributed by atoms with Gasteiger partial charge in [0.05, 0.1) is 12.0 Å². The number of rotatable bonds is 3. The van der Waals surface area contributed by atoms with Gasteiger partial charge in [-0.05, 0) is 18.6 Å². The first kappa shape index (κ1) is 7.19. The first-order chi connectivity index (χ1) is 4.93. The second kappa shape index (κ2) is 3.99. The highest BCUT2D eigenvalue weighted by Gasteiger charge is 1.99. The standard InChI is InChI=1S/C8H11NO/c1-2-5-9-8-4-3-6-10-7-8/h3-4,6,9H,2,5H2,1H3. The molecule has 2 nitrogen and oxygen atoms in total. The third-order valence-electron chi connectivity index (χ3n) is 1.14. The Balaban J connectivity index is 2.25. The van der Waals surface area contributed by atoms with Crippen molar-refractivity contribution in [2.45, 2.75) is 13.3 Å². The summed E-state index contributed by atoms with van der Waals surface area (Å²) in [4.78, 5) is 0. The van der Waals surface area contributed by atoms with Crippen LogP contribution in [0.15, 0.2) is 24.1 Å². The quantitative estimate of drug-likeness (QED) is 0.635. The highest BCUT2D eigenvalue weighted by Crippen LogP contribution is 2.03. The summed E-state index contributed by atoms with van der Waals surface area (Å²) in [5.74, 6) is 0. The van der Waals surface area contributed by atoms with Crippen molar-refractivity contribution in [3.8, 4) is 0 Å². The lowest BCUT2D eigenvalue weighted by atomic mass is 10.3. The van der Waals surface area contributed by atoms with Gasteiger partial charge in [0.1, 0.15) is 0 Å². The molecular formula is C8H11NO. The topological polar surface area (TPSA) is 21.3 Å². The van der Waals surface area contributed by atoms with Crippen molar-refractivity contribution in [1.29, 1.82) is 0 Å². The Hall–Kier alpha value is -0.920. The summed E-state index contributed by atoms with van der Waals surface area (Å²) in [7, 11) is 0. The van der Waals surface area contributed by atoms with Gasteiger partial charge in [-0.3, -0.25) is 0 Å². The number of ether oxygens (including phenoxy) is 1. The molecule has 0 saturated carbocycles. The van der Waals surface area contributed by atoms with Gasteiger partial charge in [0.2, 0.25) is 6.61 Å². The van der Waals surface area contributed by atoms with Crippen LogP contribution >= 0.6 is 0 Å². The molecule has 0 bridgehead atoms. The van der Waals surface area contributed by atoms with E-state index in [9.17, 15) is 0 Å². The van der Waals surface area contributed by atoms with E-state index in [1.54, 1.807) is 6.26 Å². The molecule has 1 aliphatic heterocycles. The molecule has 10 heavy (non-hydrogen) atoms. The van der Waals surface area contributed by atoms with Gasteiger partial charge in [-0.2, -0.15) is 0 Å². The molecule has 54 valence electrons. The van der Waals surface area contributed by atoms with Crippen LogP contribution in [-0.4, -0.2) is 6.54 Å². The van der Waals surface area contributed by atoms with E-state index in [0.29, 0.717) is 0 Å². The maximum atomic E-state index is 4.82. The molecule has 2 heteroatoms. The van der Waals surface area contributed by atoms with Crippen LogP contribution in [0.1, 0.15) is 13.3 Å². The molecule has 0 spiro atoms. The van der Waals surface area contributed by atoms with Gasteiger partial charge >= 0.3 is 0 Å². The van der Waals surface area contributed by atoms with Gasteiger partial charge in [0.25, 0.3) is 0 Å². The molecular weight excluding hydrogens is 126 g/mol. The molecule has 0 saturated heterocycles. The molecule has 2 radical (unpaired) electrons. The van der Waals surface area contributed by atoms with E-state index in [-0.39, 0.29) is 0 Å². The van der Waals surface area contributed by atoms with Crippen molar-refractivity contribution in [3.63, 3.8) is 0 Å². The van der Waals surface area contributed by atoms with E-state index in [4.69, 9.17) is 4.74 Å². The first-order valence-electron chi connectivity index (χ1n) is 3.46.